The van der Waals surface area contributed by atoms with Gasteiger partial charge in [0, 0.05) is 8.22 Å². The summed E-state index contributed by atoms with van der Waals surface area (Å²) in [5.74, 6) is -6.58. The first-order valence-corrected chi connectivity index (χ1v) is 3.26. The van der Waals surface area contributed by atoms with E-state index in [2.05, 4.69) is 0 Å². The molecule has 1 aliphatic carbocycles. The summed E-state index contributed by atoms with van der Waals surface area (Å²) >= 11 is 0. The van der Waals surface area contributed by atoms with Gasteiger partial charge in [-0.3, -0.25) is 4.79 Å². The molecule has 2 nitrogen and oxygen atoms in total. The van der Waals surface area contributed by atoms with Crippen LogP contribution in [0.2, 0.25) is 0 Å². The molecule has 1 aliphatic rings. The molecular formula is C9H14O2. The summed E-state index contributed by atoms with van der Waals surface area (Å²) in [6, 6.07) is 0. The second kappa shape index (κ2) is 3.07. The molecule has 1 rings (SSSR count). The van der Waals surface area contributed by atoms with Crippen LogP contribution in [0.3, 0.4) is 0 Å². The maximum atomic E-state index is 11.2. The fourth-order valence-electron chi connectivity index (χ4n) is 1.01. The van der Waals surface area contributed by atoms with Gasteiger partial charge in [0.1, 0.15) is 0 Å². The Morgan fingerprint density at radius 3 is 3.18 bits per heavy atom. The molecule has 62 valence electrons. The van der Waals surface area contributed by atoms with Gasteiger partial charge < -0.3 is 5.11 Å². The van der Waals surface area contributed by atoms with Crippen LogP contribution in [0.4, 0.5) is 0 Å². The van der Waals surface area contributed by atoms with Gasteiger partial charge in [0.2, 0.25) is 0 Å². The monoisotopic (exact) mass is 160 g/mol. The summed E-state index contributed by atoms with van der Waals surface area (Å²) in [5.41, 5.74) is -0.164. The van der Waals surface area contributed by atoms with Gasteiger partial charge in [-0.15, -0.1) is 0 Å². The first-order valence-electron chi connectivity index (χ1n) is 6.26. The van der Waals surface area contributed by atoms with E-state index in [0.717, 1.165) is 13.0 Å². The highest BCUT2D eigenvalue weighted by Gasteiger charge is 2.27. The topological polar surface area (TPSA) is 37.3 Å². The molecule has 11 heavy (non-hydrogen) atoms. The molecular weight excluding hydrogens is 140 g/mol. The van der Waals surface area contributed by atoms with Crippen molar-refractivity contribution in [2.45, 2.75) is 26.6 Å². The Bertz CT molecular complexity index is 400. The Labute approximate surface area is 75.3 Å². The fourth-order valence-corrected chi connectivity index (χ4v) is 1.01. The summed E-state index contributed by atoms with van der Waals surface area (Å²) in [6.45, 7) is 2.18. The van der Waals surface area contributed by atoms with Gasteiger partial charge in [-0.25, -0.2) is 0 Å². The zero-order chi connectivity index (χ0) is 13.9. The minimum atomic E-state index is -2.78. The highest BCUT2D eigenvalue weighted by Crippen LogP contribution is 2.29. The Kier molecular flexibility index (Phi) is 0.921. The molecule has 0 saturated carbocycles. The molecule has 0 amide bonds. The van der Waals surface area contributed by atoms with E-state index >= 15 is 0 Å². The van der Waals surface area contributed by atoms with E-state index in [4.69, 9.17) is 13.3 Å². The molecule has 0 radical (unpaired) electrons. The van der Waals surface area contributed by atoms with E-state index < -0.39 is 30.5 Å². The third kappa shape index (κ3) is 1.62. The minimum Gasteiger partial charge on any atom is -0.481 e. The minimum absolute atomic E-state index is 0.164. The van der Waals surface area contributed by atoms with Gasteiger partial charge in [0.05, 0.1) is 5.89 Å². The first kappa shape index (κ1) is 3.30. The van der Waals surface area contributed by atoms with Gasteiger partial charge in [-0.1, -0.05) is 18.6 Å². The molecule has 0 heterocycles. The molecule has 0 aliphatic heterocycles. The van der Waals surface area contributed by atoms with Crippen LogP contribution < -0.4 is 0 Å². The van der Waals surface area contributed by atoms with Gasteiger partial charge in [-0.05, 0) is 25.6 Å². The van der Waals surface area contributed by atoms with E-state index in [1.54, 1.807) is 0 Å². The van der Waals surface area contributed by atoms with E-state index in [1.165, 1.54) is 6.92 Å². The third-order valence-electron chi connectivity index (χ3n) is 1.53. The summed E-state index contributed by atoms with van der Waals surface area (Å²) in [5, 5.41) is 9.07. The van der Waals surface area contributed by atoms with Crippen molar-refractivity contribution in [1.82, 2.24) is 0 Å². The molecule has 2 atom stereocenters. The smallest absolute Gasteiger partial charge is 0.310 e. The van der Waals surface area contributed by atoms with Crippen molar-refractivity contribution in [1.29, 1.82) is 0 Å². The van der Waals surface area contributed by atoms with E-state index in [0.29, 0.717) is 0 Å². The van der Waals surface area contributed by atoms with Gasteiger partial charge in [-0.2, -0.15) is 0 Å². The number of hydrogen-bond acceptors (Lipinski definition) is 1. The van der Waals surface area contributed by atoms with Crippen molar-refractivity contribution < 1.29 is 18.1 Å². The number of hydrogen-bond donors (Lipinski definition) is 1. The van der Waals surface area contributed by atoms with Crippen molar-refractivity contribution in [2.24, 2.45) is 11.8 Å². The van der Waals surface area contributed by atoms with Crippen molar-refractivity contribution in [3.05, 3.63) is 11.6 Å². The maximum absolute atomic E-state index is 11.2. The third-order valence-corrected chi connectivity index (χ3v) is 1.53. The predicted molar refractivity (Wildman–Crippen MR) is 43.3 cm³/mol. The molecule has 0 saturated heterocycles. The Balaban J connectivity index is 3.64. The van der Waals surface area contributed by atoms with Crippen LogP contribution >= 0.6 is 0 Å². The quantitative estimate of drug-likeness (QED) is 0.596. The highest BCUT2D eigenvalue weighted by molar-refractivity contribution is 5.74. The average molecular weight is 160 g/mol. The zero-order valence-corrected chi connectivity index (χ0v) is 6.43. The number of aliphatic carboxylic acids is 1. The summed E-state index contributed by atoms with van der Waals surface area (Å²) in [7, 11) is 0. The summed E-state index contributed by atoms with van der Waals surface area (Å²) < 4.78 is 46.1. The summed E-state index contributed by atoms with van der Waals surface area (Å²) in [6.07, 6.45) is -4.46. The summed E-state index contributed by atoms with van der Waals surface area (Å²) in [4.78, 5) is 11.2. The molecule has 0 fully saturated rings. The van der Waals surface area contributed by atoms with Crippen LogP contribution in [-0.4, -0.2) is 11.1 Å². The molecule has 0 bridgehead atoms. The highest BCUT2D eigenvalue weighted by atomic mass is 16.4. The van der Waals surface area contributed by atoms with E-state index in [9.17, 15) is 4.79 Å². The molecule has 2 heteroatoms. The molecule has 0 aromatic heterocycles. The lowest BCUT2D eigenvalue weighted by Crippen LogP contribution is -2.25. The second-order valence-corrected chi connectivity index (χ2v) is 2.40. The van der Waals surface area contributed by atoms with Gasteiger partial charge in [0.25, 0.3) is 0 Å². The van der Waals surface area contributed by atoms with Crippen LogP contribution in [-0.2, 0) is 4.79 Å². The second-order valence-electron chi connectivity index (χ2n) is 2.40. The van der Waals surface area contributed by atoms with Crippen molar-refractivity contribution in [2.75, 3.05) is 0 Å². The average Bonchev–Trinajstić information content (AvgIpc) is 2.12. The largest absolute Gasteiger partial charge is 0.481 e. The van der Waals surface area contributed by atoms with Crippen LogP contribution in [0, 0.1) is 11.8 Å². The molecule has 2 unspecified atom stereocenters. The van der Waals surface area contributed by atoms with Crippen molar-refractivity contribution >= 4 is 5.97 Å². The van der Waals surface area contributed by atoms with E-state index in [1.807, 2.05) is 0 Å². The SMILES string of the molecule is [2H]C1([2H])C=C(C)C([2H])(C(=O)O)C([2H])(C)C1([2H])[2H]. The number of allylic oxidation sites excluding steroid dienone is 1. The van der Waals surface area contributed by atoms with Crippen molar-refractivity contribution in [3.63, 3.8) is 0 Å². The lowest BCUT2D eigenvalue weighted by atomic mass is 9.80. The molecule has 0 aromatic carbocycles. The Morgan fingerprint density at radius 2 is 2.64 bits per heavy atom. The lowest BCUT2D eigenvalue weighted by molar-refractivity contribution is -0.142. The van der Waals surface area contributed by atoms with Crippen LogP contribution in [0.1, 0.15) is 34.8 Å². The lowest BCUT2D eigenvalue weighted by Gasteiger charge is -2.24. The number of rotatable bonds is 1. The Hall–Kier alpha value is -0.790. The molecule has 0 aromatic rings. The predicted octanol–water partition coefficient (Wildman–Crippen LogP) is 2.06. The number of carbonyl (C=O) groups is 1. The van der Waals surface area contributed by atoms with Crippen molar-refractivity contribution in [3.8, 4) is 0 Å². The van der Waals surface area contributed by atoms with Crippen LogP contribution in [0.25, 0.3) is 0 Å². The molecule has 0 spiro atoms. The van der Waals surface area contributed by atoms with Gasteiger partial charge in [0.15, 0.2) is 0 Å². The van der Waals surface area contributed by atoms with Crippen LogP contribution in [0.5, 0.6) is 0 Å². The fraction of sp³-hybridized carbons (Fsp3) is 0.667. The first-order chi connectivity index (χ1) is 7.32. The Morgan fingerprint density at radius 1 is 2.00 bits per heavy atom. The normalized spacial score (nSPS) is 61.8. The molecule has 1 N–H and O–H groups in total. The number of carboxylic acid groups (broad SMARTS) is 1. The van der Waals surface area contributed by atoms with Gasteiger partial charge >= 0.3 is 5.97 Å². The standard InChI is InChI=1S/C9H14O2/c1-6-4-3-5-7(2)8(6)9(10)11/h4,7-8H,3,5H2,1-2H3,(H,10,11)/i3D2,5D2,7D,8D. The maximum Gasteiger partial charge on any atom is 0.310 e. The zero-order valence-electron chi connectivity index (χ0n) is 12.4. The van der Waals surface area contributed by atoms with E-state index in [-0.39, 0.29) is 5.57 Å². The van der Waals surface area contributed by atoms with Crippen LogP contribution in [0.15, 0.2) is 11.6 Å². The number of carboxylic acids is 1.